The number of imidazole rings is 1. The summed E-state index contributed by atoms with van der Waals surface area (Å²) in [4.78, 5) is 20.5. The average Bonchev–Trinajstić information content (AvgIpc) is 3.53. The quantitative estimate of drug-likeness (QED) is 0.202. The van der Waals surface area contributed by atoms with Crippen molar-refractivity contribution in [3.8, 4) is 11.3 Å². The third kappa shape index (κ3) is 4.83. The number of halogens is 1. The van der Waals surface area contributed by atoms with Gasteiger partial charge in [-0.25, -0.2) is 17.8 Å². The molecule has 0 N–H and O–H groups in total. The lowest BCUT2D eigenvalue weighted by Crippen LogP contribution is -2.37. The summed E-state index contributed by atoms with van der Waals surface area (Å²) in [7, 11) is -0.0597. The number of hydrogen-bond donors (Lipinski definition) is 0. The van der Waals surface area contributed by atoms with Gasteiger partial charge >= 0.3 is 0 Å². The summed E-state index contributed by atoms with van der Waals surface area (Å²) in [6.07, 6.45) is 3.16. The fourth-order valence-corrected chi connectivity index (χ4v) is 6.53. The predicted octanol–water partition coefficient (Wildman–Crippen LogP) is 6.50. The molecule has 6 rings (SSSR count). The summed E-state index contributed by atoms with van der Waals surface area (Å²) in [5.74, 6) is 0.694. The van der Waals surface area contributed by atoms with E-state index in [0.29, 0.717) is 40.1 Å². The normalized spacial score (nSPS) is 15.9. The molecule has 0 radical (unpaired) electrons. The van der Waals surface area contributed by atoms with Crippen LogP contribution in [0.25, 0.3) is 33.3 Å². The lowest BCUT2D eigenvalue weighted by atomic mass is 9.88. The first-order valence-corrected chi connectivity index (χ1v) is 15.9. The number of piperidine rings is 1. The highest BCUT2D eigenvalue weighted by molar-refractivity contribution is 7.92. The molecule has 5 aromatic rings. The van der Waals surface area contributed by atoms with Gasteiger partial charge in [0.05, 0.1) is 28.5 Å². The van der Waals surface area contributed by atoms with Crippen LogP contribution in [0.5, 0.6) is 0 Å². The van der Waals surface area contributed by atoms with E-state index in [9.17, 15) is 17.6 Å². The Hall–Kier alpha value is -4.18. The van der Waals surface area contributed by atoms with Crippen molar-refractivity contribution in [2.75, 3.05) is 35.6 Å². The molecule has 218 valence electrons. The molecule has 0 aliphatic carbocycles. The average molecular weight is 589 g/mol. The molecule has 3 aromatic carbocycles. The number of carbonyl (C=O) groups is 1. The molecule has 3 heterocycles. The van der Waals surface area contributed by atoms with Crippen LogP contribution < -0.4 is 9.21 Å². The van der Waals surface area contributed by atoms with Crippen LogP contribution in [0.15, 0.2) is 65.1 Å². The fourth-order valence-electron chi connectivity index (χ4n) is 6.01. The molecular formula is C32H33FN4O4S. The Morgan fingerprint density at radius 2 is 1.88 bits per heavy atom. The van der Waals surface area contributed by atoms with Gasteiger partial charge in [-0.3, -0.25) is 9.10 Å². The van der Waals surface area contributed by atoms with Crippen molar-refractivity contribution < 1.29 is 22.0 Å². The zero-order valence-corrected chi connectivity index (χ0v) is 24.9. The van der Waals surface area contributed by atoms with Gasteiger partial charge in [0, 0.05) is 56.5 Å². The van der Waals surface area contributed by atoms with Crippen molar-refractivity contribution in [2.24, 2.45) is 7.05 Å². The number of ketones is 1. The second-order valence-electron chi connectivity index (χ2n) is 11.0. The Morgan fingerprint density at radius 3 is 2.57 bits per heavy atom. The van der Waals surface area contributed by atoms with E-state index in [0.717, 1.165) is 41.9 Å². The number of fused-ring (bicyclic) bond motifs is 2. The molecule has 0 bridgehead atoms. The molecule has 0 amide bonds. The Kier molecular flexibility index (Phi) is 7.04. The van der Waals surface area contributed by atoms with Crippen molar-refractivity contribution in [3.05, 3.63) is 77.6 Å². The van der Waals surface area contributed by atoms with Gasteiger partial charge in [0.1, 0.15) is 17.2 Å². The largest absolute Gasteiger partial charge is 0.455 e. The molecule has 10 heteroatoms. The minimum absolute atomic E-state index is 0.0316. The molecule has 1 saturated heterocycles. The molecule has 1 atom stereocenters. The Balaban J connectivity index is 1.51. The topological polar surface area (TPSA) is 88.7 Å². The smallest absolute Gasteiger partial charge is 0.232 e. The summed E-state index contributed by atoms with van der Waals surface area (Å²) in [6.45, 7) is 3.25. The molecule has 0 spiro atoms. The third-order valence-electron chi connectivity index (χ3n) is 8.29. The maximum Gasteiger partial charge on any atom is 0.232 e. The number of benzene rings is 3. The van der Waals surface area contributed by atoms with Crippen LogP contribution in [-0.2, 0) is 17.1 Å². The SMILES string of the molecule is CCC(=O)c1c(-c2ccc(F)cc2)oc2cc(N(C)S(C)(=O)=O)c([C@@H]3CCCN(c4nc5ccccc5n4C)C3)cc12. The van der Waals surface area contributed by atoms with E-state index in [-0.39, 0.29) is 23.9 Å². The Bertz CT molecular complexity index is 1930. The van der Waals surface area contributed by atoms with Gasteiger partial charge < -0.3 is 13.9 Å². The molecule has 1 fully saturated rings. The number of para-hydroxylation sites is 2. The highest BCUT2D eigenvalue weighted by Crippen LogP contribution is 2.42. The van der Waals surface area contributed by atoms with Crippen molar-refractivity contribution in [1.82, 2.24) is 9.55 Å². The van der Waals surface area contributed by atoms with Crippen molar-refractivity contribution in [1.29, 1.82) is 0 Å². The minimum Gasteiger partial charge on any atom is -0.455 e. The zero-order chi connectivity index (χ0) is 29.8. The standard InChI is InChI=1S/C32H33FN4O4S/c1-5-28(38)30-24-17-23(21-9-8-16-37(19-21)32-34-25-10-6-7-11-26(25)35(32)2)27(36(3)42(4,39)40)18-29(24)41-31(30)20-12-14-22(33)15-13-20/h6-7,10-15,17-18,21H,5,8-9,16,19H2,1-4H3/t21-/m1/s1. The van der Waals surface area contributed by atoms with E-state index in [1.165, 1.54) is 29.7 Å². The van der Waals surface area contributed by atoms with Crippen LogP contribution in [0.4, 0.5) is 16.0 Å². The second kappa shape index (κ2) is 10.6. The zero-order valence-electron chi connectivity index (χ0n) is 24.1. The Morgan fingerprint density at radius 1 is 1.14 bits per heavy atom. The number of aromatic nitrogens is 2. The third-order valence-corrected chi connectivity index (χ3v) is 9.48. The van der Waals surface area contributed by atoms with Crippen LogP contribution in [-0.4, -0.2) is 50.1 Å². The van der Waals surface area contributed by atoms with Crippen molar-refractivity contribution in [2.45, 2.75) is 32.1 Å². The maximum absolute atomic E-state index is 13.7. The molecule has 8 nitrogen and oxygen atoms in total. The number of sulfonamides is 1. The van der Waals surface area contributed by atoms with E-state index >= 15 is 0 Å². The van der Waals surface area contributed by atoms with E-state index < -0.39 is 10.0 Å². The summed E-state index contributed by atoms with van der Waals surface area (Å²) >= 11 is 0. The van der Waals surface area contributed by atoms with E-state index in [1.807, 2.05) is 37.4 Å². The number of carbonyl (C=O) groups excluding carboxylic acids is 1. The number of hydrogen-bond acceptors (Lipinski definition) is 6. The van der Waals surface area contributed by atoms with Crippen LogP contribution in [0.2, 0.25) is 0 Å². The van der Waals surface area contributed by atoms with Crippen LogP contribution >= 0.6 is 0 Å². The molecular weight excluding hydrogens is 555 g/mol. The van der Waals surface area contributed by atoms with Crippen molar-refractivity contribution in [3.63, 3.8) is 0 Å². The van der Waals surface area contributed by atoms with Gasteiger partial charge in [-0.05, 0) is 60.9 Å². The number of aryl methyl sites for hydroxylation is 1. The summed E-state index contributed by atoms with van der Waals surface area (Å²) in [5.41, 5.74) is 4.72. The molecule has 1 aliphatic heterocycles. The first kappa shape index (κ1) is 28.0. The first-order chi connectivity index (χ1) is 20.1. The second-order valence-corrected chi connectivity index (χ2v) is 13.0. The summed E-state index contributed by atoms with van der Waals surface area (Å²) in [5, 5.41) is 0.627. The fraction of sp³-hybridized carbons (Fsp3) is 0.312. The van der Waals surface area contributed by atoms with Gasteiger partial charge in [0.25, 0.3) is 0 Å². The van der Waals surface area contributed by atoms with Gasteiger partial charge in [0.2, 0.25) is 16.0 Å². The lowest BCUT2D eigenvalue weighted by molar-refractivity contribution is 0.0989. The van der Waals surface area contributed by atoms with Gasteiger partial charge in [-0.2, -0.15) is 0 Å². The van der Waals surface area contributed by atoms with Gasteiger partial charge in [0.15, 0.2) is 5.78 Å². The van der Waals surface area contributed by atoms with Crippen LogP contribution in [0.3, 0.4) is 0 Å². The number of furan rings is 1. The molecule has 2 aromatic heterocycles. The highest BCUT2D eigenvalue weighted by atomic mass is 32.2. The van der Waals surface area contributed by atoms with Crippen LogP contribution in [0, 0.1) is 5.82 Å². The monoisotopic (exact) mass is 588 g/mol. The molecule has 42 heavy (non-hydrogen) atoms. The first-order valence-electron chi connectivity index (χ1n) is 14.1. The Labute approximate surface area is 244 Å². The van der Waals surface area contributed by atoms with Crippen LogP contribution in [0.1, 0.15) is 48.0 Å². The van der Waals surface area contributed by atoms with Crippen molar-refractivity contribution >= 4 is 49.4 Å². The maximum atomic E-state index is 13.7. The van der Waals surface area contributed by atoms with Gasteiger partial charge in [-0.15, -0.1) is 0 Å². The predicted molar refractivity (Wildman–Crippen MR) is 164 cm³/mol. The molecule has 0 unspecified atom stereocenters. The molecule has 0 saturated carbocycles. The lowest BCUT2D eigenvalue weighted by Gasteiger charge is -2.35. The van der Waals surface area contributed by atoms with E-state index in [2.05, 4.69) is 9.47 Å². The molecule has 1 aliphatic rings. The summed E-state index contributed by atoms with van der Waals surface area (Å²) < 4.78 is 48.9. The number of nitrogens with zero attached hydrogens (tertiary/aromatic N) is 4. The van der Waals surface area contributed by atoms with E-state index in [1.54, 1.807) is 25.1 Å². The number of Topliss-reactive ketones (excluding diaryl/α,β-unsaturated/α-hetero) is 1. The van der Waals surface area contributed by atoms with Gasteiger partial charge in [-0.1, -0.05) is 19.1 Å². The van der Waals surface area contributed by atoms with E-state index in [4.69, 9.17) is 9.40 Å². The highest BCUT2D eigenvalue weighted by Gasteiger charge is 2.31. The number of anilines is 2. The number of rotatable bonds is 7. The summed E-state index contributed by atoms with van der Waals surface area (Å²) in [6, 6.07) is 17.5. The minimum atomic E-state index is -3.60.